The molecule has 2 unspecified atom stereocenters. The summed E-state index contributed by atoms with van der Waals surface area (Å²) in [5.41, 5.74) is 0. The Balaban J connectivity index is 0.00000169. The van der Waals surface area contributed by atoms with Gasteiger partial charge < -0.3 is 10.2 Å². The van der Waals surface area contributed by atoms with Crippen molar-refractivity contribution in [3.05, 3.63) is 0 Å². The molecule has 1 aliphatic rings. The van der Waals surface area contributed by atoms with Gasteiger partial charge in [-0.25, -0.2) is 0 Å². The molecule has 0 bridgehead atoms. The van der Waals surface area contributed by atoms with Gasteiger partial charge in [-0.05, 0) is 18.9 Å². The molecule has 1 saturated heterocycles. The summed E-state index contributed by atoms with van der Waals surface area (Å²) in [6.45, 7) is 7.50. The minimum atomic E-state index is 0. The first kappa shape index (κ1) is 10.5. The molecule has 0 aromatic rings. The Kier molecular flexibility index (Phi) is 3.72. The van der Waals surface area contributed by atoms with Gasteiger partial charge in [-0.1, -0.05) is 13.8 Å². The normalized spacial score (nSPS) is 30.1. The maximum absolute atomic E-state index is 11.4. The molecule has 1 N–H and O–H groups in total. The standard InChI is InChI=1S/C10H20N2O.H2/c1-4-12-6-8(2)5-9(7-12)10(13)11-3;/h8-9H,4-7H2,1-3H3,(H,11,13);1H. The van der Waals surface area contributed by atoms with E-state index in [1.165, 1.54) is 0 Å². The van der Waals surface area contributed by atoms with Crippen molar-refractivity contribution >= 4 is 5.91 Å². The van der Waals surface area contributed by atoms with E-state index in [1.807, 2.05) is 0 Å². The molecule has 1 rings (SSSR count). The maximum Gasteiger partial charge on any atom is 0.224 e. The third-order valence-corrected chi connectivity index (χ3v) is 2.80. The van der Waals surface area contributed by atoms with E-state index < -0.39 is 0 Å². The monoisotopic (exact) mass is 186 g/mol. The quantitative estimate of drug-likeness (QED) is 0.696. The second-order valence-electron chi connectivity index (χ2n) is 4.00. The smallest absolute Gasteiger partial charge is 0.224 e. The number of hydrogen-bond acceptors (Lipinski definition) is 2. The summed E-state index contributed by atoms with van der Waals surface area (Å²) in [6, 6.07) is 0. The molecule has 0 spiro atoms. The highest BCUT2D eigenvalue weighted by atomic mass is 16.1. The molecule has 0 saturated carbocycles. The molecular weight excluding hydrogens is 164 g/mol. The van der Waals surface area contributed by atoms with E-state index in [4.69, 9.17) is 0 Å². The zero-order valence-corrected chi connectivity index (χ0v) is 8.84. The maximum atomic E-state index is 11.4. The van der Waals surface area contributed by atoms with Crippen LogP contribution in [0.1, 0.15) is 21.7 Å². The van der Waals surface area contributed by atoms with Crippen molar-refractivity contribution < 1.29 is 6.22 Å². The van der Waals surface area contributed by atoms with Gasteiger partial charge in [0.05, 0.1) is 5.92 Å². The molecule has 1 aliphatic heterocycles. The molecule has 0 radical (unpaired) electrons. The average molecular weight is 186 g/mol. The van der Waals surface area contributed by atoms with Crippen molar-refractivity contribution in [1.82, 2.24) is 10.2 Å². The van der Waals surface area contributed by atoms with Crippen LogP contribution < -0.4 is 5.32 Å². The third-order valence-electron chi connectivity index (χ3n) is 2.80. The number of carbonyl (C=O) groups is 1. The molecule has 1 amide bonds. The molecular formula is C10H22N2O. The first-order chi connectivity index (χ1) is 6.17. The highest BCUT2D eigenvalue weighted by molar-refractivity contribution is 5.78. The van der Waals surface area contributed by atoms with Gasteiger partial charge in [-0.15, -0.1) is 0 Å². The van der Waals surface area contributed by atoms with Crippen molar-refractivity contribution in [2.75, 3.05) is 26.7 Å². The lowest BCUT2D eigenvalue weighted by Gasteiger charge is -2.34. The van der Waals surface area contributed by atoms with Gasteiger partial charge in [-0.3, -0.25) is 4.79 Å². The minimum absolute atomic E-state index is 0. The Labute approximate surface area is 82.0 Å². The first-order valence-corrected chi connectivity index (χ1v) is 5.11. The number of rotatable bonds is 2. The van der Waals surface area contributed by atoms with Gasteiger partial charge in [0.25, 0.3) is 0 Å². The molecule has 1 heterocycles. The number of carbonyl (C=O) groups excluding carboxylic acids is 1. The van der Waals surface area contributed by atoms with Crippen molar-refractivity contribution in [2.24, 2.45) is 11.8 Å². The second kappa shape index (κ2) is 4.61. The van der Waals surface area contributed by atoms with E-state index in [0.29, 0.717) is 5.92 Å². The lowest BCUT2D eigenvalue weighted by Crippen LogP contribution is -2.44. The van der Waals surface area contributed by atoms with Gasteiger partial charge in [0, 0.05) is 21.6 Å². The number of likely N-dealkylation sites (tertiary alicyclic amines) is 1. The number of hydrogen-bond donors (Lipinski definition) is 1. The fourth-order valence-electron chi connectivity index (χ4n) is 2.11. The summed E-state index contributed by atoms with van der Waals surface area (Å²) in [5.74, 6) is 1.05. The summed E-state index contributed by atoms with van der Waals surface area (Å²) >= 11 is 0. The fraction of sp³-hybridized carbons (Fsp3) is 0.900. The summed E-state index contributed by atoms with van der Waals surface area (Å²) in [5, 5.41) is 2.73. The molecule has 78 valence electrons. The minimum Gasteiger partial charge on any atom is -0.359 e. The summed E-state index contributed by atoms with van der Waals surface area (Å²) in [7, 11) is 1.72. The van der Waals surface area contributed by atoms with Crippen LogP contribution in [0.3, 0.4) is 0 Å². The van der Waals surface area contributed by atoms with Crippen molar-refractivity contribution in [2.45, 2.75) is 20.3 Å². The Morgan fingerprint density at radius 2 is 2.31 bits per heavy atom. The van der Waals surface area contributed by atoms with Gasteiger partial charge in [0.2, 0.25) is 5.91 Å². The van der Waals surface area contributed by atoms with E-state index in [2.05, 4.69) is 24.1 Å². The molecule has 2 atom stereocenters. The third kappa shape index (κ3) is 2.69. The van der Waals surface area contributed by atoms with Crippen LogP contribution in [0.15, 0.2) is 0 Å². The van der Waals surface area contributed by atoms with E-state index in [0.717, 1.165) is 26.1 Å². The zero-order valence-electron chi connectivity index (χ0n) is 8.84. The molecule has 1 fully saturated rings. The van der Waals surface area contributed by atoms with Gasteiger partial charge in [-0.2, -0.15) is 0 Å². The van der Waals surface area contributed by atoms with Gasteiger partial charge in [0.1, 0.15) is 0 Å². The fourth-order valence-corrected chi connectivity index (χ4v) is 2.11. The van der Waals surface area contributed by atoms with Crippen LogP contribution in [0.4, 0.5) is 0 Å². The van der Waals surface area contributed by atoms with Crippen LogP contribution in [0.25, 0.3) is 0 Å². The largest absolute Gasteiger partial charge is 0.359 e. The van der Waals surface area contributed by atoms with Crippen molar-refractivity contribution in [3.63, 3.8) is 0 Å². The highest BCUT2D eigenvalue weighted by Gasteiger charge is 2.27. The van der Waals surface area contributed by atoms with E-state index in [1.54, 1.807) is 7.05 Å². The highest BCUT2D eigenvalue weighted by Crippen LogP contribution is 2.21. The Bertz CT molecular complexity index is 187. The number of piperidine rings is 1. The number of amides is 1. The lowest BCUT2D eigenvalue weighted by molar-refractivity contribution is -0.126. The van der Waals surface area contributed by atoms with E-state index in [-0.39, 0.29) is 13.3 Å². The predicted octanol–water partition coefficient (Wildman–Crippen LogP) is 0.956. The molecule has 3 nitrogen and oxygen atoms in total. The lowest BCUT2D eigenvalue weighted by atomic mass is 9.90. The molecule has 13 heavy (non-hydrogen) atoms. The van der Waals surface area contributed by atoms with Crippen LogP contribution in [0.5, 0.6) is 0 Å². The Hall–Kier alpha value is -0.570. The Morgan fingerprint density at radius 1 is 1.62 bits per heavy atom. The van der Waals surface area contributed by atoms with Crippen LogP contribution in [-0.2, 0) is 4.79 Å². The van der Waals surface area contributed by atoms with Gasteiger partial charge in [0.15, 0.2) is 0 Å². The van der Waals surface area contributed by atoms with E-state index >= 15 is 0 Å². The molecule has 0 aliphatic carbocycles. The number of nitrogens with zero attached hydrogens (tertiary/aromatic N) is 1. The summed E-state index contributed by atoms with van der Waals surface area (Å²) in [6.07, 6.45) is 1.04. The first-order valence-electron chi connectivity index (χ1n) is 5.11. The molecule has 3 heteroatoms. The van der Waals surface area contributed by atoms with Crippen LogP contribution in [0, 0.1) is 11.8 Å². The zero-order chi connectivity index (χ0) is 9.84. The average Bonchev–Trinajstić information content (AvgIpc) is 2.15. The second-order valence-corrected chi connectivity index (χ2v) is 4.00. The van der Waals surface area contributed by atoms with Crippen molar-refractivity contribution in [1.29, 1.82) is 0 Å². The number of nitrogens with one attached hydrogen (secondary N) is 1. The summed E-state index contributed by atoms with van der Waals surface area (Å²) < 4.78 is 0. The predicted molar refractivity (Wildman–Crippen MR) is 55.6 cm³/mol. The Morgan fingerprint density at radius 3 is 2.85 bits per heavy atom. The van der Waals surface area contributed by atoms with Crippen molar-refractivity contribution in [3.8, 4) is 0 Å². The topological polar surface area (TPSA) is 32.3 Å². The summed E-state index contributed by atoms with van der Waals surface area (Å²) in [4.78, 5) is 13.8. The SMILES string of the molecule is CCN1CC(C)CC(C(=O)NC)C1.[HH]. The van der Waals surface area contributed by atoms with E-state index in [9.17, 15) is 4.79 Å². The van der Waals surface area contributed by atoms with Crippen LogP contribution in [-0.4, -0.2) is 37.5 Å². The molecule has 0 aromatic carbocycles. The van der Waals surface area contributed by atoms with Gasteiger partial charge >= 0.3 is 0 Å². The van der Waals surface area contributed by atoms with Crippen LogP contribution in [0.2, 0.25) is 0 Å². The van der Waals surface area contributed by atoms with Crippen LogP contribution >= 0.6 is 0 Å². The molecule has 0 aromatic heterocycles.